The number of halogens is 2. The van der Waals surface area contributed by atoms with Gasteiger partial charge in [-0.25, -0.2) is 14.1 Å². The van der Waals surface area contributed by atoms with Gasteiger partial charge < -0.3 is 20.3 Å². The number of nitrogens with zero attached hydrogens (tertiary/aromatic N) is 4. The minimum absolute atomic E-state index is 0. The summed E-state index contributed by atoms with van der Waals surface area (Å²) in [6.45, 7) is 1.53. The number of likely N-dealkylation sites (N-methyl/N-ethyl adjacent to an activating group) is 1. The highest BCUT2D eigenvalue weighted by atomic mass is 127. The summed E-state index contributed by atoms with van der Waals surface area (Å²) >= 11 is 0. The fourth-order valence-electron chi connectivity index (χ4n) is 2.11. The second kappa shape index (κ2) is 12.3. The minimum atomic E-state index is -0.291. The zero-order chi connectivity index (χ0) is 19.6. The lowest BCUT2D eigenvalue weighted by molar-refractivity contribution is -0.127. The van der Waals surface area contributed by atoms with Crippen molar-refractivity contribution in [3.63, 3.8) is 0 Å². The van der Waals surface area contributed by atoms with Crippen molar-refractivity contribution in [1.82, 2.24) is 25.3 Å². The molecule has 0 aliphatic rings. The first-order chi connectivity index (χ1) is 13.0. The molecule has 0 saturated heterocycles. The standard InChI is InChI=1S/C18H25FN6O2.HI/c1-24(2)17(26)13-22-18(20-9-11-27-3)21-12-15-8-10-25(23-15)16-6-4-14(19)5-7-16;/h4-8,10H,9,11-13H2,1-3H3,(H2,20,21,22);1H. The Labute approximate surface area is 181 Å². The molecule has 0 fully saturated rings. The lowest BCUT2D eigenvalue weighted by atomic mass is 10.3. The maximum Gasteiger partial charge on any atom is 0.241 e. The number of hydrogen-bond donors (Lipinski definition) is 2. The Morgan fingerprint density at radius 2 is 1.96 bits per heavy atom. The molecule has 1 amide bonds. The number of guanidine groups is 1. The van der Waals surface area contributed by atoms with Gasteiger partial charge in [0.25, 0.3) is 0 Å². The molecule has 0 aliphatic carbocycles. The van der Waals surface area contributed by atoms with Gasteiger partial charge >= 0.3 is 0 Å². The molecule has 8 nitrogen and oxygen atoms in total. The number of methoxy groups -OCH3 is 1. The largest absolute Gasteiger partial charge is 0.383 e. The summed E-state index contributed by atoms with van der Waals surface area (Å²) < 4.78 is 19.7. The Kier molecular flexibility index (Phi) is 10.5. The topological polar surface area (TPSA) is 83.8 Å². The van der Waals surface area contributed by atoms with Crippen LogP contribution >= 0.6 is 24.0 Å². The highest BCUT2D eigenvalue weighted by Crippen LogP contribution is 2.09. The molecule has 0 bridgehead atoms. The van der Waals surface area contributed by atoms with Crippen LogP contribution in [0.4, 0.5) is 4.39 Å². The number of hydrogen-bond acceptors (Lipinski definition) is 4. The number of aromatic nitrogens is 2. The second-order valence-electron chi connectivity index (χ2n) is 5.95. The predicted octanol–water partition coefficient (Wildman–Crippen LogP) is 1.40. The van der Waals surface area contributed by atoms with Gasteiger partial charge in [-0.05, 0) is 30.3 Å². The molecule has 10 heteroatoms. The van der Waals surface area contributed by atoms with Crippen molar-refractivity contribution in [2.75, 3.05) is 40.9 Å². The van der Waals surface area contributed by atoms with Crippen molar-refractivity contribution in [2.45, 2.75) is 6.54 Å². The lowest BCUT2D eigenvalue weighted by Crippen LogP contribution is -2.43. The van der Waals surface area contributed by atoms with Crippen LogP contribution in [0.15, 0.2) is 41.5 Å². The summed E-state index contributed by atoms with van der Waals surface area (Å²) in [6, 6.07) is 7.92. The first-order valence-corrected chi connectivity index (χ1v) is 8.51. The van der Waals surface area contributed by atoms with Crippen LogP contribution in [0.25, 0.3) is 5.69 Å². The predicted molar refractivity (Wildman–Crippen MR) is 117 cm³/mol. The molecule has 154 valence electrons. The van der Waals surface area contributed by atoms with E-state index in [2.05, 4.69) is 20.7 Å². The van der Waals surface area contributed by atoms with E-state index in [4.69, 9.17) is 4.74 Å². The van der Waals surface area contributed by atoms with E-state index in [-0.39, 0.29) is 42.2 Å². The molecule has 2 rings (SSSR count). The van der Waals surface area contributed by atoms with Crippen molar-refractivity contribution < 1.29 is 13.9 Å². The Balaban J connectivity index is 0.00000392. The first-order valence-electron chi connectivity index (χ1n) is 8.51. The molecule has 1 aromatic heterocycles. The highest BCUT2D eigenvalue weighted by Gasteiger charge is 2.07. The van der Waals surface area contributed by atoms with Crippen LogP contribution in [-0.4, -0.2) is 67.4 Å². The van der Waals surface area contributed by atoms with Crippen LogP contribution in [0, 0.1) is 5.82 Å². The van der Waals surface area contributed by atoms with E-state index < -0.39 is 0 Å². The number of aliphatic imine (C=N–C) groups is 1. The number of benzene rings is 1. The Hall–Kier alpha value is -2.21. The normalized spacial score (nSPS) is 10.9. The third kappa shape index (κ3) is 7.80. The molecule has 0 unspecified atom stereocenters. The van der Waals surface area contributed by atoms with Crippen LogP contribution in [0.1, 0.15) is 5.69 Å². The van der Waals surface area contributed by atoms with Gasteiger partial charge in [-0.15, -0.1) is 24.0 Å². The van der Waals surface area contributed by atoms with E-state index in [9.17, 15) is 9.18 Å². The van der Waals surface area contributed by atoms with Crippen LogP contribution in [0.2, 0.25) is 0 Å². The van der Waals surface area contributed by atoms with E-state index in [1.54, 1.807) is 44.2 Å². The number of amides is 1. The third-order valence-electron chi connectivity index (χ3n) is 3.64. The van der Waals surface area contributed by atoms with Gasteiger partial charge in [-0.3, -0.25) is 4.79 Å². The number of nitrogens with one attached hydrogen (secondary N) is 2. The molecule has 28 heavy (non-hydrogen) atoms. The van der Waals surface area contributed by atoms with E-state index in [1.807, 2.05) is 6.07 Å². The maximum atomic E-state index is 13.0. The molecule has 1 aromatic carbocycles. The minimum Gasteiger partial charge on any atom is -0.383 e. The van der Waals surface area contributed by atoms with E-state index in [0.29, 0.717) is 25.7 Å². The summed E-state index contributed by atoms with van der Waals surface area (Å²) in [5.41, 5.74) is 1.51. The molecule has 2 aromatic rings. The van der Waals surface area contributed by atoms with Gasteiger partial charge in [0.05, 0.1) is 31.1 Å². The zero-order valence-electron chi connectivity index (χ0n) is 16.2. The van der Waals surface area contributed by atoms with Crippen LogP contribution in [0.3, 0.4) is 0 Å². The molecular formula is C18H26FIN6O2. The average molecular weight is 504 g/mol. The molecule has 1 heterocycles. The van der Waals surface area contributed by atoms with Crippen molar-refractivity contribution in [3.8, 4) is 5.69 Å². The van der Waals surface area contributed by atoms with E-state index >= 15 is 0 Å². The fraction of sp³-hybridized carbons (Fsp3) is 0.389. The summed E-state index contributed by atoms with van der Waals surface area (Å²) in [5.74, 6) is 0.149. The smallest absolute Gasteiger partial charge is 0.241 e. The van der Waals surface area contributed by atoms with Crippen LogP contribution in [0.5, 0.6) is 0 Å². The molecule has 0 saturated carbocycles. The number of carbonyl (C=O) groups excluding carboxylic acids is 1. The molecule has 2 N–H and O–H groups in total. The first kappa shape index (κ1) is 23.8. The van der Waals surface area contributed by atoms with Crippen molar-refractivity contribution >= 4 is 35.8 Å². The van der Waals surface area contributed by atoms with Gasteiger partial charge in [0.1, 0.15) is 5.82 Å². The van der Waals surface area contributed by atoms with Gasteiger partial charge in [0.2, 0.25) is 5.91 Å². The quantitative estimate of drug-likeness (QED) is 0.246. The van der Waals surface area contributed by atoms with Crippen LogP contribution < -0.4 is 10.6 Å². The monoisotopic (exact) mass is 504 g/mol. The summed E-state index contributed by atoms with van der Waals surface area (Å²) in [4.78, 5) is 17.7. The summed E-state index contributed by atoms with van der Waals surface area (Å²) in [5, 5.41) is 10.5. The van der Waals surface area contributed by atoms with Crippen LogP contribution in [-0.2, 0) is 16.1 Å². The summed E-state index contributed by atoms with van der Waals surface area (Å²) in [7, 11) is 5.01. The summed E-state index contributed by atoms with van der Waals surface area (Å²) in [6.07, 6.45) is 1.79. The Morgan fingerprint density at radius 3 is 2.61 bits per heavy atom. The lowest BCUT2D eigenvalue weighted by Gasteiger charge is -2.14. The van der Waals surface area contributed by atoms with Crippen molar-refractivity contribution in [3.05, 3.63) is 48.0 Å². The van der Waals surface area contributed by atoms with Gasteiger partial charge in [-0.2, -0.15) is 5.10 Å². The number of rotatable bonds is 8. The average Bonchev–Trinajstić information content (AvgIpc) is 3.12. The van der Waals surface area contributed by atoms with E-state index in [1.165, 1.54) is 17.0 Å². The van der Waals surface area contributed by atoms with Gasteiger partial charge in [-0.1, -0.05) is 0 Å². The Morgan fingerprint density at radius 1 is 1.25 bits per heavy atom. The van der Waals surface area contributed by atoms with Crippen molar-refractivity contribution in [1.29, 1.82) is 0 Å². The van der Waals surface area contributed by atoms with Gasteiger partial charge in [0, 0.05) is 33.9 Å². The van der Waals surface area contributed by atoms with Gasteiger partial charge in [0.15, 0.2) is 5.96 Å². The molecule has 0 aliphatic heterocycles. The number of carbonyl (C=O) groups is 1. The van der Waals surface area contributed by atoms with E-state index in [0.717, 1.165) is 11.4 Å². The SMILES string of the molecule is COCCNC(=NCc1ccn(-c2ccc(F)cc2)n1)NCC(=O)N(C)C.I. The maximum absolute atomic E-state index is 13.0. The third-order valence-corrected chi connectivity index (χ3v) is 3.64. The number of ether oxygens (including phenoxy) is 1. The van der Waals surface area contributed by atoms with Crippen molar-refractivity contribution in [2.24, 2.45) is 4.99 Å². The highest BCUT2D eigenvalue weighted by molar-refractivity contribution is 14.0. The molecule has 0 radical (unpaired) electrons. The zero-order valence-corrected chi connectivity index (χ0v) is 18.5. The fourth-order valence-corrected chi connectivity index (χ4v) is 2.11. The second-order valence-corrected chi connectivity index (χ2v) is 5.95. The molecule has 0 spiro atoms. The molecular weight excluding hydrogens is 478 g/mol. The molecule has 0 atom stereocenters. The Bertz CT molecular complexity index is 764.